The maximum absolute atomic E-state index is 3.54. The average molecular weight is 225 g/mol. The van der Waals surface area contributed by atoms with Crippen LogP contribution in [0.15, 0.2) is 0 Å². The molecule has 1 N–H and O–H groups in total. The van der Waals surface area contributed by atoms with Crippen molar-refractivity contribution in [2.24, 2.45) is 0 Å². The smallest absolute Gasteiger partial charge is 0.0123 e. The molecule has 2 heterocycles. The SMILES string of the molecule is CCCN1CCN(C2CCNC(C)C2)CC1. The van der Waals surface area contributed by atoms with Gasteiger partial charge in [0.05, 0.1) is 0 Å². The predicted octanol–water partition coefficient (Wildman–Crippen LogP) is 1.15. The molecule has 2 aliphatic rings. The zero-order valence-corrected chi connectivity index (χ0v) is 10.9. The first-order valence-corrected chi connectivity index (χ1v) is 6.99. The van der Waals surface area contributed by atoms with Crippen molar-refractivity contribution >= 4 is 0 Å². The summed E-state index contributed by atoms with van der Waals surface area (Å²) in [6.45, 7) is 12.2. The first-order chi connectivity index (χ1) is 7.79. The molecule has 0 radical (unpaired) electrons. The van der Waals surface area contributed by atoms with E-state index < -0.39 is 0 Å². The summed E-state index contributed by atoms with van der Waals surface area (Å²) in [5.41, 5.74) is 0. The Labute approximate surface area is 100 Å². The van der Waals surface area contributed by atoms with Crippen LogP contribution in [0, 0.1) is 0 Å². The number of rotatable bonds is 3. The van der Waals surface area contributed by atoms with E-state index in [-0.39, 0.29) is 0 Å². The highest BCUT2D eigenvalue weighted by atomic mass is 15.3. The number of nitrogens with one attached hydrogen (secondary N) is 1. The second-order valence-corrected chi connectivity index (χ2v) is 5.41. The van der Waals surface area contributed by atoms with Crippen molar-refractivity contribution in [2.75, 3.05) is 39.3 Å². The molecule has 2 aliphatic heterocycles. The van der Waals surface area contributed by atoms with Gasteiger partial charge in [-0.15, -0.1) is 0 Å². The van der Waals surface area contributed by atoms with E-state index in [1.54, 1.807) is 0 Å². The molecule has 2 fully saturated rings. The predicted molar refractivity (Wildman–Crippen MR) is 68.8 cm³/mol. The molecule has 2 saturated heterocycles. The summed E-state index contributed by atoms with van der Waals surface area (Å²) < 4.78 is 0. The lowest BCUT2D eigenvalue weighted by Gasteiger charge is -2.42. The third kappa shape index (κ3) is 3.19. The third-order valence-electron chi connectivity index (χ3n) is 4.06. The van der Waals surface area contributed by atoms with Gasteiger partial charge >= 0.3 is 0 Å². The van der Waals surface area contributed by atoms with Gasteiger partial charge in [0.15, 0.2) is 0 Å². The minimum Gasteiger partial charge on any atom is -0.314 e. The van der Waals surface area contributed by atoms with E-state index in [0.717, 1.165) is 6.04 Å². The topological polar surface area (TPSA) is 18.5 Å². The van der Waals surface area contributed by atoms with Crippen molar-refractivity contribution in [3.05, 3.63) is 0 Å². The van der Waals surface area contributed by atoms with Gasteiger partial charge in [0.2, 0.25) is 0 Å². The minimum atomic E-state index is 0.715. The minimum absolute atomic E-state index is 0.715. The molecule has 16 heavy (non-hydrogen) atoms. The normalized spacial score (nSPS) is 34.1. The Morgan fingerprint density at radius 3 is 2.56 bits per heavy atom. The quantitative estimate of drug-likeness (QED) is 0.777. The summed E-state index contributed by atoms with van der Waals surface area (Å²) in [6, 6.07) is 1.56. The maximum atomic E-state index is 3.54. The largest absolute Gasteiger partial charge is 0.314 e. The van der Waals surface area contributed by atoms with Gasteiger partial charge < -0.3 is 10.2 Å². The zero-order valence-electron chi connectivity index (χ0n) is 10.9. The van der Waals surface area contributed by atoms with Crippen molar-refractivity contribution in [1.29, 1.82) is 0 Å². The highest BCUT2D eigenvalue weighted by Gasteiger charge is 2.26. The summed E-state index contributed by atoms with van der Waals surface area (Å²) in [4.78, 5) is 5.34. The van der Waals surface area contributed by atoms with E-state index in [1.807, 2.05) is 0 Å². The lowest BCUT2D eigenvalue weighted by Crippen LogP contribution is -2.54. The molecule has 0 aromatic heterocycles. The summed E-state index contributed by atoms with van der Waals surface area (Å²) in [5.74, 6) is 0. The third-order valence-corrected chi connectivity index (χ3v) is 4.06. The standard InChI is InChI=1S/C13H27N3/c1-3-6-15-7-9-16(10-8-15)13-4-5-14-12(2)11-13/h12-14H,3-11H2,1-2H3. The second-order valence-electron chi connectivity index (χ2n) is 5.41. The molecule has 0 aliphatic carbocycles. The molecular weight excluding hydrogens is 198 g/mol. The van der Waals surface area contributed by atoms with Gasteiger partial charge in [0.25, 0.3) is 0 Å². The van der Waals surface area contributed by atoms with Gasteiger partial charge in [0.1, 0.15) is 0 Å². The summed E-state index contributed by atoms with van der Waals surface area (Å²) in [6.07, 6.45) is 3.98. The molecule has 0 amide bonds. The summed E-state index contributed by atoms with van der Waals surface area (Å²) in [7, 11) is 0. The van der Waals surface area contributed by atoms with E-state index in [2.05, 4.69) is 29.0 Å². The molecule has 2 atom stereocenters. The van der Waals surface area contributed by atoms with Crippen LogP contribution in [0.3, 0.4) is 0 Å². The van der Waals surface area contributed by atoms with Crippen molar-refractivity contribution in [3.63, 3.8) is 0 Å². The second kappa shape index (κ2) is 5.99. The molecule has 0 bridgehead atoms. The molecule has 0 aromatic rings. The van der Waals surface area contributed by atoms with Crippen molar-refractivity contribution in [2.45, 2.75) is 45.2 Å². The number of hydrogen-bond donors (Lipinski definition) is 1. The van der Waals surface area contributed by atoms with Crippen LogP contribution in [-0.4, -0.2) is 61.2 Å². The van der Waals surface area contributed by atoms with Crippen LogP contribution in [0.5, 0.6) is 0 Å². The fraction of sp³-hybridized carbons (Fsp3) is 1.00. The molecule has 0 saturated carbocycles. The van der Waals surface area contributed by atoms with Crippen LogP contribution in [0.25, 0.3) is 0 Å². The molecule has 3 nitrogen and oxygen atoms in total. The van der Waals surface area contributed by atoms with Crippen LogP contribution in [0.1, 0.15) is 33.1 Å². The van der Waals surface area contributed by atoms with E-state index in [1.165, 1.54) is 58.5 Å². The molecule has 2 rings (SSSR count). The number of piperazine rings is 1. The van der Waals surface area contributed by atoms with E-state index in [0.29, 0.717) is 6.04 Å². The number of piperidine rings is 1. The molecule has 3 heteroatoms. The van der Waals surface area contributed by atoms with E-state index >= 15 is 0 Å². The maximum Gasteiger partial charge on any atom is 0.0123 e. The highest BCUT2D eigenvalue weighted by molar-refractivity contribution is 4.85. The van der Waals surface area contributed by atoms with Gasteiger partial charge in [-0.3, -0.25) is 4.90 Å². The van der Waals surface area contributed by atoms with Crippen molar-refractivity contribution < 1.29 is 0 Å². The van der Waals surface area contributed by atoms with Crippen LogP contribution in [0.4, 0.5) is 0 Å². The van der Waals surface area contributed by atoms with Crippen LogP contribution >= 0.6 is 0 Å². The van der Waals surface area contributed by atoms with E-state index in [9.17, 15) is 0 Å². The Hall–Kier alpha value is -0.120. The van der Waals surface area contributed by atoms with Gasteiger partial charge in [-0.25, -0.2) is 0 Å². The van der Waals surface area contributed by atoms with E-state index in [4.69, 9.17) is 0 Å². The first-order valence-electron chi connectivity index (χ1n) is 6.99. The first kappa shape index (κ1) is 12.3. The average Bonchev–Trinajstić information content (AvgIpc) is 2.30. The van der Waals surface area contributed by atoms with Gasteiger partial charge in [0, 0.05) is 38.3 Å². The van der Waals surface area contributed by atoms with Crippen molar-refractivity contribution in [1.82, 2.24) is 15.1 Å². The Morgan fingerprint density at radius 1 is 1.19 bits per heavy atom. The fourth-order valence-electron chi connectivity index (χ4n) is 3.11. The fourth-order valence-corrected chi connectivity index (χ4v) is 3.11. The summed E-state index contributed by atoms with van der Waals surface area (Å²) in [5, 5.41) is 3.54. The van der Waals surface area contributed by atoms with Gasteiger partial charge in [-0.1, -0.05) is 6.92 Å². The molecule has 0 spiro atoms. The summed E-state index contributed by atoms with van der Waals surface area (Å²) >= 11 is 0. The molecular formula is C13H27N3. The van der Waals surface area contributed by atoms with Crippen molar-refractivity contribution in [3.8, 4) is 0 Å². The Morgan fingerprint density at radius 2 is 1.94 bits per heavy atom. The monoisotopic (exact) mass is 225 g/mol. The Balaban J connectivity index is 1.75. The molecule has 94 valence electrons. The van der Waals surface area contributed by atoms with Gasteiger partial charge in [-0.05, 0) is 39.3 Å². The molecule has 2 unspecified atom stereocenters. The molecule has 0 aromatic carbocycles. The lowest BCUT2D eigenvalue weighted by molar-refractivity contribution is 0.0754. The highest BCUT2D eigenvalue weighted by Crippen LogP contribution is 2.17. The van der Waals surface area contributed by atoms with Crippen LogP contribution < -0.4 is 5.32 Å². The van der Waals surface area contributed by atoms with Crippen LogP contribution in [-0.2, 0) is 0 Å². The van der Waals surface area contributed by atoms with Crippen LogP contribution in [0.2, 0.25) is 0 Å². The Bertz CT molecular complexity index is 199. The van der Waals surface area contributed by atoms with Gasteiger partial charge in [-0.2, -0.15) is 0 Å². The zero-order chi connectivity index (χ0) is 11.4. The number of hydrogen-bond acceptors (Lipinski definition) is 3. The Kier molecular flexibility index (Phi) is 4.62. The lowest BCUT2D eigenvalue weighted by atomic mass is 9.98. The number of nitrogens with zero attached hydrogens (tertiary/aromatic N) is 2.